The molecule has 4 heteroatoms. The minimum atomic E-state index is -0.915. The van der Waals surface area contributed by atoms with E-state index in [-0.39, 0.29) is 12.2 Å². The van der Waals surface area contributed by atoms with Gasteiger partial charge in [-0.05, 0) is 13.8 Å². The molecule has 1 rings (SSSR count). The Hall–Kier alpha value is -0.160. The van der Waals surface area contributed by atoms with Gasteiger partial charge in [-0.3, -0.25) is 0 Å². The zero-order chi connectivity index (χ0) is 10.1. The van der Waals surface area contributed by atoms with Gasteiger partial charge in [0.15, 0.2) is 5.79 Å². The SMILES string of the molecule is COC1(OC)CC(C)(C)OCC1O. The fourth-order valence-electron chi connectivity index (χ4n) is 1.69. The molecule has 13 heavy (non-hydrogen) atoms. The van der Waals surface area contributed by atoms with Crippen LogP contribution in [-0.4, -0.2) is 43.4 Å². The Bertz CT molecular complexity index is 174. The summed E-state index contributed by atoms with van der Waals surface area (Å²) < 4.78 is 15.9. The molecule has 0 radical (unpaired) electrons. The lowest BCUT2D eigenvalue weighted by atomic mass is 9.91. The molecule has 1 atom stereocenters. The Balaban J connectivity index is 2.79. The van der Waals surface area contributed by atoms with Gasteiger partial charge in [0.1, 0.15) is 6.10 Å². The fraction of sp³-hybridized carbons (Fsp3) is 1.00. The third-order valence-electron chi connectivity index (χ3n) is 2.50. The van der Waals surface area contributed by atoms with Gasteiger partial charge in [0.25, 0.3) is 0 Å². The summed E-state index contributed by atoms with van der Waals surface area (Å²) in [5.41, 5.74) is -0.314. The first-order valence-electron chi connectivity index (χ1n) is 4.38. The lowest BCUT2D eigenvalue weighted by molar-refractivity contribution is -0.319. The number of aliphatic hydroxyl groups is 1. The fourth-order valence-corrected chi connectivity index (χ4v) is 1.69. The van der Waals surface area contributed by atoms with Crippen LogP contribution in [0.5, 0.6) is 0 Å². The average molecular weight is 190 g/mol. The maximum Gasteiger partial charge on any atom is 0.198 e. The van der Waals surface area contributed by atoms with Crippen molar-refractivity contribution >= 4 is 0 Å². The Morgan fingerprint density at radius 2 is 1.85 bits per heavy atom. The Labute approximate surface area is 78.8 Å². The lowest BCUT2D eigenvalue weighted by Gasteiger charge is -2.45. The highest BCUT2D eigenvalue weighted by Crippen LogP contribution is 2.34. The summed E-state index contributed by atoms with van der Waals surface area (Å²) in [5, 5.41) is 9.68. The second-order valence-corrected chi connectivity index (χ2v) is 3.98. The molecule has 0 spiro atoms. The molecule has 1 unspecified atom stereocenters. The monoisotopic (exact) mass is 190 g/mol. The molecule has 1 saturated heterocycles. The van der Waals surface area contributed by atoms with E-state index in [0.717, 1.165) is 0 Å². The van der Waals surface area contributed by atoms with Crippen molar-refractivity contribution in [1.29, 1.82) is 0 Å². The van der Waals surface area contributed by atoms with E-state index in [1.807, 2.05) is 13.8 Å². The first-order chi connectivity index (χ1) is 5.96. The highest BCUT2D eigenvalue weighted by atomic mass is 16.7. The molecule has 0 aromatic carbocycles. The summed E-state index contributed by atoms with van der Waals surface area (Å²) in [6.45, 7) is 4.14. The van der Waals surface area contributed by atoms with Crippen LogP contribution in [-0.2, 0) is 14.2 Å². The Morgan fingerprint density at radius 1 is 1.31 bits per heavy atom. The largest absolute Gasteiger partial charge is 0.385 e. The molecule has 0 aromatic heterocycles. The number of hydrogen-bond donors (Lipinski definition) is 1. The second kappa shape index (κ2) is 3.53. The van der Waals surface area contributed by atoms with Gasteiger partial charge in [-0.1, -0.05) is 0 Å². The van der Waals surface area contributed by atoms with Crippen molar-refractivity contribution in [3.05, 3.63) is 0 Å². The summed E-state index contributed by atoms with van der Waals surface area (Å²) in [4.78, 5) is 0. The van der Waals surface area contributed by atoms with Gasteiger partial charge in [-0.25, -0.2) is 0 Å². The van der Waals surface area contributed by atoms with E-state index < -0.39 is 11.9 Å². The van der Waals surface area contributed by atoms with Crippen LogP contribution in [0.15, 0.2) is 0 Å². The van der Waals surface area contributed by atoms with E-state index in [1.54, 1.807) is 0 Å². The van der Waals surface area contributed by atoms with E-state index in [0.29, 0.717) is 6.42 Å². The van der Waals surface area contributed by atoms with Gasteiger partial charge in [-0.2, -0.15) is 0 Å². The predicted octanol–water partition coefficient (Wildman–Crippen LogP) is 0.535. The molecule has 0 aromatic rings. The summed E-state index contributed by atoms with van der Waals surface area (Å²) in [6.07, 6.45) is -0.204. The highest BCUT2D eigenvalue weighted by Gasteiger charge is 2.48. The summed E-state index contributed by atoms with van der Waals surface area (Å²) >= 11 is 0. The lowest BCUT2D eigenvalue weighted by Crippen LogP contribution is -2.57. The minimum Gasteiger partial charge on any atom is -0.385 e. The normalized spacial score (nSPS) is 31.6. The quantitative estimate of drug-likeness (QED) is 0.645. The van der Waals surface area contributed by atoms with Crippen molar-refractivity contribution in [2.45, 2.75) is 37.8 Å². The van der Waals surface area contributed by atoms with Gasteiger partial charge in [-0.15, -0.1) is 0 Å². The van der Waals surface area contributed by atoms with E-state index in [1.165, 1.54) is 14.2 Å². The number of rotatable bonds is 2. The van der Waals surface area contributed by atoms with Crippen LogP contribution in [0.3, 0.4) is 0 Å². The number of aliphatic hydroxyl groups excluding tert-OH is 1. The third-order valence-corrected chi connectivity index (χ3v) is 2.50. The first kappa shape index (κ1) is 10.9. The van der Waals surface area contributed by atoms with Gasteiger partial charge < -0.3 is 19.3 Å². The standard InChI is InChI=1S/C9H18O4/c1-8(2)6-9(11-3,12-4)7(10)5-13-8/h7,10H,5-6H2,1-4H3. The van der Waals surface area contributed by atoms with Crippen molar-refractivity contribution < 1.29 is 19.3 Å². The zero-order valence-corrected chi connectivity index (χ0v) is 8.66. The minimum absolute atomic E-state index is 0.245. The molecule has 0 aliphatic carbocycles. The summed E-state index contributed by atoms with van der Waals surface area (Å²) in [7, 11) is 3.07. The number of ether oxygens (including phenoxy) is 3. The van der Waals surface area contributed by atoms with E-state index >= 15 is 0 Å². The molecule has 0 saturated carbocycles. The molecule has 1 aliphatic heterocycles. The molecule has 1 fully saturated rings. The number of methoxy groups -OCH3 is 2. The van der Waals surface area contributed by atoms with Crippen LogP contribution in [0.1, 0.15) is 20.3 Å². The van der Waals surface area contributed by atoms with Crippen LogP contribution >= 0.6 is 0 Å². The Morgan fingerprint density at radius 3 is 2.23 bits per heavy atom. The van der Waals surface area contributed by atoms with Gasteiger partial charge in [0.05, 0.1) is 12.2 Å². The van der Waals surface area contributed by atoms with Crippen LogP contribution < -0.4 is 0 Å². The molecule has 1 aliphatic rings. The molecule has 0 bridgehead atoms. The molecule has 1 N–H and O–H groups in total. The molecular formula is C9H18O4. The average Bonchev–Trinajstić information content (AvgIpc) is 2.09. The maximum atomic E-state index is 9.68. The zero-order valence-electron chi connectivity index (χ0n) is 8.66. The van der Waals surface area contributed by atoms with Gasteiger partial charge in [0, 0.05) is 20.6 Å². The van der Waals surface area contributed by atoms with E-state index in [9.17, 15) is 5.11 Å². The first-order valence-corrected chi connectivity index (χ1v) is 4.38. The highest BCUT2D eigenvalue weighted by molar-refractivity contribution is 4.91. The Kier molecular flexibility index (Phi) is 2.97. The number of hydrogen-bond acceptors (Lipinski definition) is 4. The van der Waals surface area contributed by atoms with Crippen LogP contribution in [0.25, 0.3) is 0 Å². The molecule has 1 heterocycles. The molecule has 4 nitrogen and oxygen atoms in total. The summed E-state index contributed by atoms with van der Waals surface area (Å²) in [6, 6.07) is 0. The van der Waals surface area contributed by atoms with Gasteiger partial charge >= 0.3 is 0 Å². The van der Waals surface area contributed by atoms with Crippen molar-refractivity contribution in [1.82, 2.24) is 0 Å². The smallest absolute Gasteiger partial charge is 0.198 e. The van der Waals surface area contributed by atoms with Crippen LogP contribution in [0.4, 0.5) is 0 Å². The van der Waals surface area contributed by atoms with Crippen molar-refractivity contribution in [3.63, 3.8) is 0 Å². The van der Waals surface area contributed by atoms with Crippen LogP contribution in [0.2, 0.25) is 0 Å². The second-order valence-electron chi connectivity index (χ2n) is 3.98. The van der Waals surface area contributed by atoms with Crippen LogP contribution in [0, 0.1) is 0 Å². The molecule has 78 valence electrons. The predicted molar refractivity (Wildman–Crippen MR) is 47.4 cm³/mol. The molecular weight excluding hydrogens is 172 g/mol. The van der Waals surface area contributed by atoms with Gasteiger partial charge in [0.2, 0.25) is 0 Å². The third kappa shape index (κ3) is 2.02. The maximum absolute atomic E-state index is 9.68. The van der Waals surface area contributed by atoms with E-state index in [2.05, 4.69) is 0 Å². The molecule has 0 amide bonds. The van der Waals surface area contributed by atoms with Crippen molar-refractivity contribution in [2.75, 3.05) is 20.8 Å². The summed E-state index contributed by atoms with van der Waals surface area (Å²) in [5.74, 6) is -0.915. The topological polar surface area (TPSA) is 47.9 Å². The van der Waals surface area contributed by atoms with Crippen molar-refractivity contribution in [2.24, 2.45) is 0 Å². The van der Waals surface area contributed by atoms with Crippen molar-refractivity contribution in [3.8, 4) is 0 Å². The van der Waals surface area contributed by atoms with E-state index in [4.69, 9.17) is 14.2 Å².